The van der Waals surface area contributed by atoms with Gasteiger partial charge in [-0.05, 0) is 6.07 Å². The molecule has 0 saturated carbocycles. The summed E-state index contributed by atoms with van der Waals surface area (Å²) in [6.45, 7) is -0.546. The van der Waals surface area contributed by atoms with Gasteiger partial charge >= 0.3 is 6.18 Å². The molecule has 0 spiro atoms. The second-order valence-corrected chi connectivity index (χ2v) is 3.40. The average Bonchev–Trinajstić information content (AvgIpc) is 2.48. The van der Waals surface area contributed by atoms with Crippen LogP contribution in [0.5, 0.6) is 0 Å². The van der Waals surface area contributed by atoms with E-state index in [9.17, 15) is 13.2 Å². The maximum atomic E-state index is 12.1. The van der Waals surface area contributed by atoms with E-state index in [1.165, 1.54) is 11.1 Å². The topological polar surface area (TPSA) is 21.1 Å². The van der Waals surface area contributed by atoms with E-state index in [1.54, 1.807) is 23.1 Å². The van der Waals surface area contributed by atoms with Crippen LogP contribution >= 0.6 is 0 Å². The second kappa shape index (κ2) is 3.60. The molecular weight excluding hydrogens is 207 g/mol. The quantitative estimate of drug-likeness (QED) is 0.714. The monoisotopic (exact) mass is 217 g/mol. The van der Waals surface area contributed by atoms with E-state index in [4.69, 9.17) is 0 Å². The van der Waals surface area contributed by atoms with E-state index in [1.807, 2.05) is 0 Å². The summed E-state index contributed by atoms with van der Waals surface area (Å²) >= 11 is 0. The molecule has 6 heteroatoms. The molecule has 15 heavy (non-hydrogen) atoms. The van der Waals surface area contributed by atoms with Gasteiger partial charge in [-0.2, -0.15) is 18.3 Å². The van der Waals surface area contributed by atoms with Crippen molar-refractivity contribution in [2.75, 3.05) is 13.1 Å². The molecule has 2 heterocycles. The van der Waals surface area contributed by atoms with E-state index in [0.29, 0.717) is 13.0 Å². The molecule has 0 fully saturated rings. The molecule has 0 saturated heterocycles. The fraction of sp³-hybridized carbons (Fsp3) is 0.444. The third-order valence-corrected chi connectivity index (χ3v) is 2.21. The lowest BCUT2D eigenvalue weighted by Gasteiger charge is -2.19. The Morgan fingerprint density at radius 1 is 1.33 bits per heavy atom. The van der Waals surface area contributed by atoms with Crippen molar-refractivity contribution in [1.29, 1.82) is 0 Å². The molecule has 0 amide bonds. The zero-order chi connectivity index (χ0) is 10.9. The molecule has 0 radical (unpaired) electrons. The van der Waals surface area contributed by atoms with E-state index >= 15 is 0 Å². The van der Waals surface area contributed by atoms with Gasteiger partial charge in [0.15, 0.2) is 0 Å². The van der Waals surface area contributed by atoms with E-state index in [-0.39, 0.29) is 0 Å². The summed E-state index contributed by atoms with van der Waals surface area (Å²) in [5.74, 6) is 0. The number of halogens is 3. The van der Waals surface area contributed by atoms with Crippen LogP contribution in [0, 0.1) is 0 Å². The van der Waals surface area contributed by atoms with Crippen LogP contribution < -0.4 is 0 Å². The third kappa shape index (κ3) is 2.51. The Kier molecular flexibility index (Phi) is 2.42. The minimum Gasteiger partial charge on any atom is -0.367 e. The molecule has 0 atom stereocenters. The second-order valence-electron chi connectivity index (χ2n) is 3.40. The van der Waals surface area contributed by atoms with E-state index < -0.39 is 12.7 Å². The van der Waals surface area contributed by atoms with Crippen LogP contribution in [-0.2, 0) is 6.42 Å². The number of aromatic nitrogens is 2. The first kappa shape index (κ1) is 10.1. The SMILES string of the molecule is FC(F)(F)CN1C=Cn2nccc2CC1. The molecule has 82 valence electrons. The van der Waals surface area contributed by atoms with Gasteiger partial charge in [0.25, 0.3) is 0 Å². The van der Waals surface area contributed by atoms with Crippen LogP contribution in [0.4, 0.5) is 13.2 Å². The predicted molar refractivity (Wildman–Crippen MR) is 48.9 cm³/mol. The van der Waals surface area contributed by atoms with Crippen molar-refractivity contribution in [2.45, 2.75) is 12.6 Å². The van der Waals surface area contributed by atoms with Crippen LogP contribution in [-0.4, -0.2) is 33.9 Å². The molecule has 0 bridgehead atoms. The molecule has 0 aliphatic carbocycles. The molecule has 3 nitrogen and oxygen atoms in total. The van der Waals surface area contributed by atoms with Gasteiger partial charge in [-0.3, -0.25) is 0 Å². The van der Waals surface area contributed by atoms with E-state index in [2.05, 4.69) is 5.10 Å². The number of rotatable bonds is 1. The normalized spacial score (nSPS) is 16.3. The van der Waals surface area contributed by atoms with Crippen LogP contribution in [0.25, 0.3) is 6.20 Å². The highest BCUT2D eigenvalue weighted by molar-refractivity contribution is 5.26. The zero-order valence-corrected chi connectivity index (χ0v) is 7.91. The van der Waals surface area contributed by atoms with Gasteiger partial charge in [-0.1, -0.05) is 0 Å². The lowest BCUT2D eigenvalue weighted by atomic mass is 10.3. The Labute approximate surface area is 84.8 Å². The molecule has 0 unspecified atom stereocenters. The number of fused-ring (bicyclic) bond motifs is 1. The Bertz CT molecular complexity index is 367. The fourth-order valence-corrected chi connectivity index (χ4v) is 1.53. The summed E-state index contributed by atoms with van der Waals surface area (Å²) in [4.78, 5) is 1.24. The van der Waals surface area contributed by atoms with Crippen molar-refractivity contribution >= 4 is 6.20 Å². The highest BCUT2D eigenvalue weighted by atomic mass is 19.4. The maximum Gasteiger partial charge on any atom is 0.405 e. The predicted octanol–water partition coefficient (Wildman–Crippen LogP) is 1.73. The fourth-order valence-electron chi connectivity index (χ4n) is 1.53. The van der Waals surface area contributed by atoms with Crippen molar-refractivity contribution < 1.29 is 13.2 Å². The van der Waals surface area contributed by atoms with Gasteiger partial charge in [0.05, 0.1) is 0 Å². The van der Waals surface area contributed by atoms with Crippen LogP contribution in [0.1, 0.15) is 5.69 Å². The summed E-state index contributed by atoms with van der Waals surface area (Å²) < 4.78 is 38.0. The highest BCUT2D eigenvalue weighted by Crippen LogP contribution is 2.18. The minimum absolute atomic E-state index is 0.363. The molecule has 1 aromatic rings. The van der Waals surface area contributed by atoms with Crippen molar-refractivity contribution in [3.63, 3.8) is 0 Å². The number of hydrogen-bond donors (Lipinski definition) is 0. The Balaban J connectivity index is 2.07. The molecule has 1 aliphatic rings. The number of nitrogens with zero attached hydrogens (tertiary/aromatic N) is 3. The minimum atomic E-state index is -4.16. The maximum absolute atomic E-state index is 12.1. The largest absolute Gasteiger partial charge is 0.405 e. The van der Waals surface area contributed by atoms with Crippen LogP contribution in [0.2, 0.25) is 0 Å². The van der Waals surface area contributed by atoms with Crippen molar-refractivity contribution in [3.05, 3.63) is 24.2 Å². The van der Waals surface area contributed by atoms with Crippen LogP contribution in [0.15, 0.2) is 18.5 Å². The molecular formula is C9H10F3N3. The van der Waals surface area contributed by atoms with Crippen LogP contribution in [0.3, 0.4) is 0 Å². The van der Waals surface area contributed by atoms with Crippen molar-refractivity contribution in [2.24, 2.45) is 0 Å². The van der Waals surface area contributed by atoms with Gasteiger partial charge in [-0.25, -0.2) is 4.68 Å². The molecule has 2 rings (SSSR count). The Morgan fingerprint density at radius 3 is 2.87 bits per heavy atom. The third-order valence-electron chi connectivity index (χ3n) is 2.21. The summed E-state index contributed by atoms with van der Waals surface area (Å²) in [7, 11) is 0. The molecule has 1 aromatic heterocycles. The van der Waals surface area contributed by atoms with Gasteiger partial charge in [-0.15, -0.1) is 0 Å². The van der Waals surface area contributed by atoms with Crippen molar-refractivity contribution in [3.8, 4) is 0 Å². The van der Waals surface area contributed by atoms with E-state index in [0.717, 1.165) is 5.69 Å². The smallest absolute Gasteiger partial charge is 0.367 e. The summed E-state index contributed by atoms with van der Waals surface area (Å²) in [6.07, 6.45) is 1.03. The lowest BCUT2D eigenvalue weighted by Crippen LogP contribution is -2.31. The average molecular weight is 217 g/mol. The zero-order valence-electron chi connectivity index (χ0n) is 7.91. The summed E-state index contributed by atoms with van der Waals surface area (Å²) in [5, 5.41) is 3.97. The first-order valence-electron chi connectivity index (χ1n) is 4.56. The van der Waals surface area contributed by atoms with Gasteiger partial charge < -0.3 is 4.90 Å². The first-order valence-corrected chi connectivity index (χ1v) is 4.56. The van der Waals surface area contributed by atoms with Gasteiger partial charge in [0.1, 0.15) is 6.54 Å². The molecule has 0 N–H and O–H groups in total. The standard InChI is InChI=1S/C9H10F3N3/c10-9(11,12)7-14-4-2-8-1-3-13-15(8)6-5-14/h1,3,5-6H,2,4,7H2. The molecule has 0 aromatic carbocycles. The lowest BCUT2D eigenvalue weighted by molar-refractivity contribution is -0.140. The molecule has 1 aliphatic heterocycles. The summed E-state index contributed by atoms with van der Waals surface area (Å²) in [6, 6.07) is 1.81. The van der Waals surface area contributed by atoms with Gasteiger partial charge in [0, 0.05) is 37.3 Å². The highest BCUT2D eigenvalue weighted by Gasteiger charge is 2.29. The Morgan fingerprint density at radius 2 is 2.13 bits per heavy atom. The summed E-state index contributed by atoms with van der Waals surface area (Å²) in [5.41, 5.74) is 0.927. The number of hydrogen-bond acceptors (Lipinski definition) is 2. The van der Waals surface area contributed by atoms with Crippen molar-refractivity contribution in [1.82, 2.24) is 14.7 Å². The first-order chi connectivity index (χ1) is 7.04. The number of alkyl halides is 3. The Hall–Kier alpha value is -1.46. The van der Waals surface area contributed by atoms with Gasteiger partial charge in [0.2, 0.25) is 0 Å².